The summed E-state index contributed by atoms with van der Waals surface area (Å²) >= 11 is 17.8. The molecule has 43 heavy (non-hydrogen) atoms. The molecule has 6 unspecified atom stereocenters. The van der Waals surface area contributed by atoms with Gasteiger partial charge in [0.25, 0.3) is 11.8 Å². The molecule has 0 aromatic heterocycles. The van der Waals surface area contributed by atoms with Crippen molar-refractivity contribution in [1.82, 2.24) is 4.90 Å². The molecule has 2 aliphatic heterocycles. The number of Topliss-reactive ketones (excluding diaryl/α,β-unsaturated/α-hetero) is 1. The van der Waals surface area contributed by atoms with E-state index in [2.05, 4.69) is 15.9 Å². The predicted octanol–water partition coefficient (Wildman–Crippen LogP) is 4.18. The number of allylic oxidation sites excluding steroid dienone is 2. The molecule has 1 N–H and O–H groups in total. The first-order chi connectivity index (χ1) is 20.5. The van der Waals surface area contributed by atoms with Gasteiger partial charge in [0.05, 0.1) is 29.6 Å². The van der Waals surface area contributed by atoms with Crippen LogP contribution in [0.1, 0.15) is 41.6 Å². The van der Waals surface area contributed by atoms with E-state index >= 15 is 0 Å². The topological polar surface area (TPSA) is 121 Å². The molecular formula is C31H27BrCl2N2O7. The van der Waals surface area contributed by atoms with Crippen molar-refractivity contribution in [1.29, 1.82) is 0 Å². The zero-order valence-corrected chi connectivity index (χ0v) is 26.1. The molecule has 0 spiro atoms. The highest BCUT2D eigenvalue weighted by Gasteiger charge is 2.76. The third-order valence-electron chi connectivity index (χ3n) is 9.13. The van der Waals surface area contributed by atoms with Crippen molar-refractivity contribution in [2.45, 2.75) is 35.4 Å². The summed E-state index contributed by atoms with van der Waals surface area (Å²) in [7, 11) is 0. The summed E-state index contributed by atoms with van der Waals surface area (Å²) in [6.45, 7) is 1.15. The van der Waals surface area contributed by atoms with Crippen molar-refractivity contribution >= 4 is 74.2 Å². The van der Waals surface area contributed by atoms with E-state index in [1.165, 1.54) is 6.92 Å². The van der Waals surface area contributed by atoms with Gasteiger partial charge in [-0.15, -0.1) is 23.2 Å². The van der Waals surface area contributed by atoms with Gasteiger partial charge in [0.15, 0.2) is 15.5 Å². The number of ketones is 1. The van der Waals surface area contributed by atoms with Crippen molar-refractivity contribution in [2.24, 2.45) is 17.8 Å². The van der Waals surface area contributed by atoms with E-state index < -0.39 is 51.1 Å². The highest BCUT2D eigenvalue weighted by molar-refractivity contribution is 9.09. The highest BCUT2D eigenvalue weighted by atomic mass is 79.9. The van der Waals surface area contributed by atoms with Crippen molar-refractivity contribution in [3.63, 3.8) is 0 Å². The second-order valence-corrected chi connectivity index (χ2v) is 13.0. The molecular weight excluding hydrogens is 663 g/mol. The number of carbonyl (C=O) groups is 5. The van der Waals surface area contributed by atoms with Gasteiger partial charge >= 0.3 is 0 Å². The first-order valence-corrected chi connectivity index (χ1v) is 15.7. The summed E-state index contributed by atoms with van der Waals surface area (Å²) in [5.74, 6) is -5.21. The molecule has 9 nitrogen and oxygen atoms in total. The molecule has 4 aliphatic rings. The predicted molar refractivity (Wildman–Crippen MR) is 161 cm³/mol. The van der Waals surface area contributed by atoms with E-state index in [9.17, 15) is 29.1 Å². The Kier molecular flexibility index (Phi) is 7.56. The lowest BCUT2D eigenvalue weighted by Crippen LogP contribution is -2.60. The number of fused-ring (bicyclic) bond motifs is 4. The fourth-order valence-corrected chi connectivity index (χ4v) is 8.62. The van der Waals surface area contributed by atoms with Crippen LogP contribution in [0.15, 0.2) is 60.2 Å². The number of imide groups is 2. The van der Waals surface area contributed by atoms with Gasteiger partial charge in [0.1, 0.15) is 12.4 Å². The second kappa shape index (κ2) is 10.8. The van der Waals surface area contributed by atoms with Gasteiger partial charge in [0.2, 0.25) is 11.8 Å². The zero-order valence-electron chi connectivity index (χ0n) is 23.0. The maximum Gasteiger partial charge on any atom is 0.254 e. The lowest BCUT2D eigenvalue weighted by Gasteiger charge is -2.51. The fraction of sp³-hybridized carbons (Fsp3) is 0.387. The molecule has 6 atom stereocenters. The normalized spacial score (nSPS) is 31.5. The molecule has 12 heteroatoms. The van der Waals surface area contributed by atoms with Gasteiger partial charge in [-0.25, -0.2) is 0 Å². The van der Waals surface area contributed by atoms with Gasteiger partial charge in [-0.2, -0.15) is 0 Å². The molecule has 2 heterocycles. The lowest BCUT2D eigenvalue weighted by molar-refractivity contribution is -0.138. The Balaban J connectivity index is 1.49. The Hall–Kier alpha value is -3.05. The van der Waals surface area contributed by atoms with Crippen molar-refractivity contribution in [3.8, 4) is 5.75 Å². The zero-order chi connectivity index (χ0) is 30.8. The number of ether oxygens (including phenoxy) is 1. The number of alkyl halides is 3. The first-order valence-electron chi connectivity index (χ1n) is 13.8. The van der Waals surface area contributed by atoms with Crippen LogP contribution in [0.2, 0.25) is 0 Å². The number of hydrogen-bond acceptors (Lipinski definition) is 7. The SMILES string of the molecule is CC(=O)c1ccc(N2C(=O)C3CC=C4C(CC5(Cl)C(=O)N(CBr)C(=O)C5(Cl)C4c4ccccc4OCCO)C3C2=O)cc1. The molecule has 2 aromatic rings. The summed E-state index contributed by atoms with van der Waals surface area (Å²) in [4.78, 5) is 65.6. The van der Waals surface area contributed by atoms with Gasteiger partial charge in [-0.05, 0) is 56.0 Å². The van der Waals surface area contributed by atoms with Gasteiger partial charge in [0, 0.05) is 17.0 Å². The molecule has 1 saturated carbocycles. The highest BCUT2D eigenvalue weighted by Crippen LogP contribution is 2.66. The van der Waals surface area contributed by atoms with Crippen molar-refractivity contribution < 1.29 is 33.8 Å². The lowest BCUT2D eigenvalue weighted by atomic mass is 9.56. The molecule has 0 radical (unpaired) electrons. The largest absolute Gasteiger partial charge is 0.491 e. The summed E-state index contributed by atoms with van der Waals surface area (Å²) in [6, 6.07) is 13.1. The number of amides is 4. The quantitative estimate of drug-likeness (QED) is 0.152. The maximum absolute atomic E-state index is 14.1. The summed E-state index contributed by atoms with van der Waals surface area (Å²) < 4.78 is 5.84. The number of nitrogens with zero attached hydrogens (tertiary/aromatic N) is 2. The Morgan fingerprint density at radius 1 is 1.02 bits per heavy atom. The molecule has 4 amide bonds. The number of rotatable bonds is 7. The minimum Gasteiger partial charge on any atom is -0.491 e. The fourth-order valence-electron chi connectivity index (χ4n) is 7.20. The number of halogens is 3. The van der Waals surface area contributed by atoms with E-state index in [0.29, 0.717) is 28.1 Å². The Morgan fingerprint density at radius 2 is 1.72 bits per heavy atom. The number of aliphatic hydroxyl groups excluding tert-OH is 1. The molecule has 2 aliphatic carbocycles. The van der Waals surface area contributed by atoms with Crippen LogP contribution < -0.4 is 9.64 Å². The number of likely N-dealkylation sites (tertiary alicyclic amines) is 1. The van der Waals surface area contributed by atoms with E-state index in [0.717, 1.165) is 9.80 Å². The molecule has 0 bridgehead atoms. The number of aliphatic hydroxyl groups is 1. The molecule has 224 valence electrons. The molecule has 3 fully saturated rings. The summed E-state index contributed by atoms with van der Waals surface area (Å²) in [5.41, 5.74) is 1.79. The van der Waals surface area contributed by atoms with E-state index in [1.54, 1.807) is 48.5 Å². The van der Waals surface area contributed by atoms with Gasteiger partial charge < -0.3 is 9.84 Å². The van der Waals surface area contributed by atoms with E-state index in [4.69, 9.17) is 27.9 Å². The van der Waals surface area contributed by atoms with Crippen LogP contribution in [0.5, 0.6) is 5.75 Å². The van der Waals surface area contributed by atoms with Crippen LogP contribution in [0.3, 0.4) is 0 Å². The van der Waals surface area contributed by atoms with Crippen LogP contribution in [0.4, 0.5) is 5.69 Å². The minimum atomic E-state index is -1.96. The Bertz CT molecular complexity index is 1600. The second-order valence-electron chi connectivity index (χ2n) is 11.2. The monoisotopic (exact) mass is 688 g/mol. The van der Waals surface area contributed by atoms with E-state index in [1.807, 2.05) is 6.08 Å². The van der Waals surface area contributed by atoms with Crippen molar-refractivity contribution in [3.05, 3.63) is 71.3 Å². The average Bonchev–Trinajstić information content (AvgIpc) is 3.34. The number of anilines is 1. The van der Waals surface area contributed by atoms with Crippen LogP contribution in [0.25, 0.3) is 0 Å². The molecule has 6 rings (SSSR count). The van der Waals surface area contributed by atoms with E-state index in [-0.39, 0.29) is 43.2 Å². The number of carbonyl (C=O) groups excluding carboxylic acids is 5. The summed E-state index contributed by atoms with van der Waals surface area (Å²) in [5, 5.41) is 9.43. The van der Waals surface area contributed by atoms with Gasteiger partial charge in [-0.1, -0.05) is 45.8 Å². The van der Waals surface area contributed by atoms with Gasteiger partial charge in [-0.3, -0.25) is 33.8 Å². The smallest absolute Gasteiger partial charge is 0.254 e. The van der Waals surface area contributed by atoms with Crippen LogP contribution in [-0.2, 0) is 19.2 Å². The molecule has 2 saturated heterocycles. The van der Waals surface area contributed by atoms with Crippen LogP contribution in [0, 0.1) is 17.8 Å². The Labute approximate surface area is 265 Å². The minimum absolute atomic E-state index is 0.0248. The van der Waals surface area contributed by atoms with Crippen molar-refractivity contribution in [2.75, 3.05) is 23.6 Å². The maximum atomic E-state index is 14.1. The first kappa shape index (κ1) is 30.0. The standard InChI is InChI=1S/C31H27BrCl2N2O7/c1-16(38)17-6-8-18(9-7-17)36-26(39)21-11-10-19-22(24(21)27(36)40)14-30(33)28(41)35(15-32)29(42)31(30,34)25(19)20-4-2-3-5-23(20)43-13-12-37/h2-10,21-22,24-25,37H,11-15H2,1H3. The summed E-state index contributed by atoms with van der Waals surface area (Å²) in [6.07, 6.45) is 1.93. The number of benzene rings is 2. The van der Waals surface area contributed by atoms with Crippen LogP contribution >= 0.6 is 39.1 Å². The molecule has 2 aromatic carbocycles. The van der Waals surface area contributed by atoms with Crippen LogP contribution in [-0.4, -0.2) is 67.8 Å². The number of para-hydroxylation sites is 1. The third kappa shape index (κ3) is 4.17. The number of hydrogen-bond donors (Lipinski definition) is 1. The Morgan fingerprint density at radius 3 is 2.37 bits per heavy atom. The average molecular weight is 690 g/mol. The third-order valence-corrected chi connectivity index (χ3v) is 11.0.